The summed E-state index contributed by atoms with van der Waals surface area (Å²) in [4.78, 5) is 4.45. The molecule has 7 nitrogen and oxygen atoms in total. The van der Waals surface area contributed by atoms with Crippen LogP contribution in [-0.2, 0) is 19.3 Å². The summed E-state index contributed by atoms with van der Waals surface area (Å²) in [5, 5.41) is 6.30. The molecule has 0 unspecified atom stereocenters. The van der Waals surface area contributed by atoms with Gasteiger partial charge in [-0.05, 0) is 19.3 Å². The highest BCUT2D eigenvalue weighted by atomic mass is 127. The van der Waals surface area contributed by atoms with E-state index in [0.29, 0.717) is 25.6 Å². The second-order valence-electron chi connectivity index (χ2n) is 5.75. The van der Waals surface area contributed by atoms with E-state index >= 15 is 0 Å². The molecular formula is C15H34IN3O4S. The van der Waals surface area contributed by atoms with Gasteiger partial charge in [-0.1, -0.05) is 13.8 Å². The summed E-state index contributed by atoms with van der Waals surface area (Å²) in [6.45, 7) is 10.5. The topological polar surface area (TPSA) is 89.0 Å². The molecule has 9 heteroatoms. The first kappa shape index (κ1) is 26.1. The van der Waals surface area contributed by atoms with Crippen molar-refractivity contribution in [2.75, 3.05) is 58.1 Å². The number of hydrogen-bond acceptors (Lipinski definition) is 5. The summed E-state index contributed by atoms with van der Waals surface area (Å²) in [6.07, 6.45) is 2.09. The second-order valence-corrected chi connectivity index (χ2v) is 8.01. The van der Waals surface area contributed by atoms with Gasteiger partial charge in [-0.25, -0.2) is 8.42 Å². The molecule has 0 heterocycles. The van der Waals surface area contributed by atoms with E-state index < -0.39 is 9.84 Å². The number of guanidine groups is 1. The van der Waals surface area contributed by atoms with Gasteiger partial charge >= 0.3 is 0 Å². The fourth-order valence-corrected chi connectivity index (χ4v) is 1.99. The van der Waals surface area contributed by atoms with Crippen molar-refractivity contribution in [3.05, 3.63) is 0 Å². The fourth-order valence-electron chi connectivity index (χ4n) is 1.57. The Morgan fingerprint density at radius 2 is 1.83 bits per heavy atom. The van der Waals surface area contributed by atoms with Crippen molar-refractivity contribution in [3.63, 3.8) is 0 Å². The molecule has 0 aliphatic rings. The summed E-state index contributed by atoms with van der Waals surface area (Å²) in [5.41, 5.74) is 0. The summed E-state index contributed by atoms with van der Waals surface area (Å²) >= 11 is 0. The molecular weight excluding hydrogens is 445 g/mol. The van der Waals surface area contributed by atoms with Crippen molar-refractivity contribution in [1.82, 2.24) is 10.6 Å². The number of sulfone groups is 1. The van der Waals surface area contributed by atoms with Crippen molar-refractivity contribution in [2.24, 2.45) is 10.9 Å². The maximum absolute atomic E-state index is 11.0. The molecule has 0 aliphatic heterocycles. The van der Waals surface area contributed by atoms with Crippen LogP contribution in [0.2, 0.25) is 0 Å². The zero-order chi connectivity index (χ0) is 17.6. The second kappa shape index (κ2) is 16.3. The number of hydrogen-bond donors (Lipinski definition) is 2. The van der Waals surface area contributed by atoms with E-state index in [1.54, 1.807) is 0 Å². The van der Waals surface area contributed by atoms with Crippen LogP contribution < -0.4 is 10.6 Å². The van der Waals surface area contributed by atoms with E-state index in [1.165, 1.54) is 6.26 Å². The number of aliphatic imine (C=N–C) groups is 1. The molecule has 0 spiro atoms. The van der Waals surface area contributed by atoms with Gasteiger partial charge in [0.05, 0.1) is 19.0 Å². The van der Waals surface area contributed by atoms with Gasteiger partial charge in [0, 0.05) is 39.1 Å². The number of rotatable bonds is 13. The van der Waals surface area contributed by atoms with Crippen molar-refractivity contribution in [2.45, 2.75) is 27.2 Å². The number of nitrogens with zero attached hydrogens (tertiary/aromatic N) is 1. The molecule has 146 valence electrons. The van der Waals surface area contributed by atoms with E-state index in [-0.39, 0.29) is 36.3 Å². The first-order valence-electron chi connectivity index (χ1n) is 8.20. The van der Waals surface area contributed by atoms with E-state index in [9.17, 15) is 8.42 Å². The van der Waals surface area contributed by atoms with Gasteiger partial charge in [0.25, 0.3) is 0 Å². The molecule has 0 radical (unpaired) electrons. The lowest BCUT2D eigenvalue weighted by molar-refractivity contribution is 0.109. The molecule has 0 aromatic heterocycles. The maximum Gasteiger partial charge on any atom is 0.191 e. The van der Waals surface area contributed by atoms with Gasteiger partial charge in [0.15, 0.2) is 5.96 Å². The Kier molecular flexibility index (Phi) is 17.8. The zero-order valence-electron chi connectivity index (χ0n) is 15.3. The molecule has 0 amide bonds. The molecule has 24 heavy (non-hydrogen) atoms. The zero-order valence-corrected chi connectivity index (χ0v) is 18.5. The first-order valence-corrected chi connectivity index (χ1v) is 10.3. The first-order chi connectivity index (χ1) is 10.8. The third-order valence-corrected chi connectivity index (χ3v) is 3.56. The van der Waals surface area contributed by atoms with E-state index in [0.717, 1.165) is 32.1 Å². The summed E-state index contributed by atoms with van der Waals surface area (Å²) in [5.74, 6) is 1.35. The smallest absolute Gasteiger partial charge is 0.191 e. The lowest BCUT2D eigenvalue weighted by Crippen LogP contribution is -2.39. The largest absolute Gasteiger partial charge is 0.381 e. The van der Waals surface area contributed by atoms with Gasteiger partial charge in [-0.3, -0.25) is 4.99 Å². The fraction of sp³-hybridized carbons (Fsp3) is 0.933. The third kappa shape index (κ3) is 19.9. The highest BCUT2D eigenvalue weighted by Crippen LogP contribution is 1.93. The lowest BCUT2D eigenvalue weighted by atomic mass is 10.2. The average Bonchev–Trinajstić information content (AvgIpc) is 2.44. The summed E-state index contributed by atoms with van der Waals surface area (Å²) < 4.78 is 32.7. The van der Waals surface area contributed by atoms with Crippen LogP contribution in [0.3, 0.4) is 0 Å². The van der Waals surface area contributed by atoms with Gasteiger partial charge in [-0.2, -0.15) is 0 Å². The molecule has 0 bridgehead atoms. The minimum Gasteiger partial charge on any atom is -0.381 e. The Labute approximate surface area is 164 Å². The molecule has 0 atom stereocenters. The SMILES string of the molecule is CCNC(=NCCCOCC(C)C)NCCOCCS(C)(=O)=O.I. The Bertz CT molecular complexity index is 417. The summed E-state index contributed by atoms with van der Waals surface area (Å²) in [7, 11) is -2.95. The molecule has 0 aromatic carbocycles. The van der Waals surface area contributed by atoms with Gasteiger partial charge in [0.2, 0.25) is 0 Å². The monoisotopic (exact) mass is 479 g/mol. The van der Waals surface area contributed by atoms with Crippen LogP contribution in [0.15, 0.2) is 4.99 Å². The van der Waals surface area contributed by atoms with Gasteiger partial charge in [0.1, 0.15) is 9.84 Å². The predicted molar refractivity (Wildman–Crippen MR) is 110 cm³/mol. The van der Waals surface area contributed by atoms with Crippen LogP contribution in [0.4, 0.5) is 0 Å². The minimum atomic E-state index is -2.95. The summed E-state index contributed by atoms with van der Waals surface area (Å²) in [6, 6.07) is 0. The van der Waals surface area contributed by atoms with E-state index in [4.69, 9.17) is 9.47 Å². The van der Waals surface area contributed by atoms with Crippen molar-refractivity contribution in [3.8, 4) is 0 Å². The Morgan fingerprint density at radius 1 is 1.12 bits per heavy atom. The molecule has 0 fully saturated rings. The van der Waals surface area contributed by atoms with Crippen molar-refractivity contribution < 1.29 is 17.9 Å². The van der Waals surface area contributed by atoms with Crippen LogP contribution >= 0.6 is 24.0 Å². The molecule has 0 aromatic rings. The minimum absolute atomic E-state index is 0. The van der Waals surface area contributed by atoms with Crippen molar-refractivity contribution >= 4 is 39.8 Å². The Hall–Kier alpha value is -0.130. The van der Waals surface area contributed by atoms with Crippen LogP contribution in [0, 0.1) is 5.92 Å². The van der Waals surface area contributed by atoms with Crippen LogP contribution in [-0.4, -0.2) is 72.4 Å². The molecule has 0 saturated carbocycles. The van der Waals surface area contributed by atoms with Crippen LogP contribution in [0.5, 0.6) is 0 Å². The quantitative estimate of drug-likeness (QED) is 0.179. The number of halogens is 1. The highest BCUT2D eigenvalue weighted by molar-refractivity contribution is 14.0. The van der Waals surface area contributed by atoms with Gasteiger partial charge < -0.3 is 20.1 Å². The maximum atomic E-state index is 11.0. The molecule has 2 N–H and O–H groups in total. The predicted octanol–water partition coefficient (Wildman–Crippen LogP) is 1.28. The Morgan fingerprint density at radius 3 is 2.42 bits per heavy atom. The van der Waals surface area contributed by atoms with Crippen LogP contribution in [0.1, 0.15) is 27.2 Å². The number of ether oxygens (including phenoxy) is 2. The molecule has 0 rings (SSSR count). The third-order valence-electron chi connectivity index (χ3n) is 2.65. The van der Waals surface area contributed by atoms with Gasteiger partial charge in [-0.15, -0.1) is 24.0 Å². The standard InChI is InChI=1S/C15H33N3O4S.HI/c1-5-16-15(17-7-6-9-22-13-14(2)3)18-8-10-21-11-12-23(4,19)20;/h14H,5-13H2,1-4H3,(H2,16,17,18);1H. The Balaban J connectivity index is 0. The number of nitrogens with one attached hydrogen (secondary N) is 2. The van der Waals surface area contributed by atoms with Crippen molar-refractivity contribution in [1.29, 1.82) is 0 Å². The highest BCUT2D eigenvalue weighted by Gasteiger charge is 2.01. The van der Waals surface area contributed by atoms with E-state index in [2.05, 4.69) is 29.5 Å². The molecule has 0 saturated heterocycles. The molecule has 0 aliphatic carbocycles. The van der Waals surface area contributed by atoms with E-state index in [1.807, 2.05) is 6.92 Å². The van der Waals surface area contributed by atoms with Crippen LogP contribution in [0.25, 0.3) is 0 Å². The average molecular weight is 479 g/mol. The lowest BCUT2D eigenvalue weighted by Gasteiger charge is -2.11. The normalized spacial score (nSPS) is 12.1.